The number of aromatic nitrogens is 2. The van der Waals surface area contributed by atoms with E-state index in [-0.39, 0.29) is 0 Å². The van der Waals surface area contributed by atoms with Crippen LogP contribution in [0.4, 0.5) is 0 Å². The van der Waals surface area contributed by atoms with Crippen molar-refractivity contribution in [2.75, 3.05) is 0 Å². The summed E-state index contributed by atoms with van der Waals surface area (Å²) >= 11 is 1.20. The van der Waals surface area contributed by atoms with Crippen molar-refractivity contribution in [3.8, 4) is 11.3 Å². The average Bonchev–Trinajstić information content (AvgIpc) is 2.92. The highest BCUT2D eigenvalue weighted by Crippen LogP contribution is 2.32. The van der Waals surface area contributed by atoms with Gasteiger partial charge in [0.25, 0.3) is 0 Å². The van der Waals surface area contributed by atoms with Crippen LogP contribution >= 0.6 is 11.3 Å². The molecule has 0 aliphatic carbocycles. The molecule has 5 heteroatoms. The number of rotatable bonds is 2. The Hall–Kier alpha value is -2.14. The van der Waals surface area contributed by atoms with Gasteiger partial charge in [0.15, 0.2) is 4.96 Å². The number of carboxylic acids is 1. The highest BCUT2D eigenvalue weighted by Gasteiger charge is 2.20. The molecule has 0 aliphatic heterocycles. The van der Waals surface area contributed by atoms with Crippen molar-refractivity contribution in [3.63, 3.8) is 0 Å². The fraction of sp³-hybridized carbons (Fsp3) is 0.143. The van der Waals surface area contributed by atoms with E-state index in [9.17, 15) is 9.90 Å². The van der Waals surface area contributed by atoms with Crippen molar-refractivity contribution in [2.24, 2.45) is 0 Å². The van der Waals surface area contributed by atoms with Gasteiger partial charge in [-0.15, -0.1) is 0 Å². The first-order valence-electron chi connectivity index (χ1n) is 5.84. The maximum absolute atomic E-state index is 11.4. The van der Waals surface area contributed by atoms with Gasteiger partial charge >= 0.3 is 5.97 Å². The maximum Gasteiger partial charge on any atom is 0.348 e. The molecule has 2 heterocycles. The van der Waals surface area contributed by atoms with Gasteiger partial charge in [0.1, 0.15) is 4.88 Å². The van der Waals surface area contributed by atoms with E-state index >= 15 is 0 Å². The topological polar surface area (TPSA) is 54.6 Å². The number of hydrogen-bond donors (Lipinski definition) is 1. The SMILES string of the molecule is Cc1ccc(-c2c(C(=O)O)sc3nccn23)cc1C. The Morgan fingerprint density at radius 3 is 2.79 bits per heavy atom. The maximum atomic E-state index is 11.4. The van der Waals surface area contributed by atoms with E-state index in [1.165, 1.54) is 16.9 Å². The number of aryl methyl sites for hydroxylation is 2. The van der Waals surface area contributed by atoms with E-state index in [0.717, 1.165) is 11.1 Å². The van der Waals surface area contributed by atoms with Gasteiger partial charge in [-0.1, -0.05) is 23.5 Å². The Balaban J connectivity index is 2.32. The molecule has 0 atom stereocenters. The van der Waals surface area contributed by atoms with E-state index in [2.05, 4.69) is 4.98 Å². The van der Waals surface area contributed by atoms with Gasteiger partial charge in [-0.25, -0.2) is 9.78 Å². The minimum Gasteiger partial charge on any atom is -0.477 e. The van der Waals surface area contributed by atoms with Gasteiger partial charge in [0, 0.05) is 18.0 Å². The second kappa shape index (κ2) is 4.20. The molecule has 0 fully saturated rings. The van der Waals surface area contributed by atoms with Gasteiger partial charge < -0.3 is 5.11 Å². The highest BCUT2D eigenvalue weighted by atomic mass is 32.1. The fourth-order valence-electron chi connectivity index (χ4n) is 2.09. The summed E-state index contributed by atoms with van der Waals surface area (Å²) in [5, 5.41) is 9.34. The first kappa shape index (κ1) is 11.9. The summed E-state index contributed by atoms with van der Waals surface area (Å²) in [4.78, 5) is 16.6. The number of aromatic carboxylic acids is 1. The lowest BCUT2D eigenvalue weighted by Crippen LogP contribution is -1.97. The smallest absolute Gasteiger partial charge is 0.348 e. The number of hydrogen-bond acceptors (Lipinski definition) is 3. The Morgan fingerprint density at radius 2 is 2.11 bits per heavy atom. The van der Waals surface area contributed by atoms with E-state index in [0.29, 0.717) is 15.5 Å². The molecular formula is C14H12N2O2S. The van der Waals surface area contributed by atoms with Gasteiger partial charge in [-0.3, -0.25) is 4.40 Å². The van der Waals surface area contributed by atoms with Crippen LogP contribution in [0.15, 0.2) is 30.6 Å². The lowest BCUT2D eigenvalue weighted by atomic mass is 10.0. The Kier molecular flexibility index (Phi) is 2.64. The van der Waals surface area contributed by atoms with Crippen LogP contribution in [-0.4, -0.2) is 20.5 Å². The Labute approximate surface area is 114 Å². The van der Waals surface area contributed by atoms with Crippen LogP contribution in [0.2, 0.25) is 0 Å². The van der Waals surface area contributed by atoms with E-state index < -0.39 is 5.97 Å². The molecule has 0 bridgehead atoms. The molecule has 0 spiro atoms. The van der Waals surface area contributed by atoms with E-state index in [4.69, 9.17) is 0 Å². The Morgan fingerprint density at radius 1 is 1.32 bits per heavy atom. The first-order chi connectivity index (χ1) is 9.08. The minimum absolute atomic E-state index is 0.325. The third kappa shape index (κ3) is 1.82. The molecule has 0 saturated heterocycles. The summed E-state index contributed by atoms with van der Waals surface area (Å²) in [5.41, 5.74) is 3.95. The zero-order valence-electron chi connectivity index (χ0n) is 10.5. The molecular weight excluding hydrogens is 260 g/mol. The van der Waals surface area contributed by atoms with Gasteiger partial charge in [-0.05, 0) is 31.0 Å². The highest BCUT2D eigenvalue weighted by molar-refractivity contribution is 7.19. The third-order valence-electron chi connectivity index (χ3n) is 3.23. The van der Waals surface area contributed by atoms with Crippen LogP contribution in [0.1, 0.15) is 20.8 Å². The van der Waals surface area contributed by atoms with Crippen molar-refractivity contribution in [3.05, 3.63) is 46.6 Å². The molecule has 0 saturated carbocycles. The van der Waals surface area contributed by atoms with Crippen LogP contribution in [-0.2, 0) is 0 Å². The van der Waals surface area contributed by atoms with Gasteiger partial charge in [-0.2, -0.15) is 0 Å². The Bertz CT molecular complexity index is 786. The predicted octanol–water partition coefficient (Wildman–Crippen LogP) is 3.38. The van der Waals surface area contributed by atoms with Crippen molar-refractivity contribution >= 4 is 22.3 Å². The van der Waals surface area contributed by atoms with Gasteiger partial charge in [0.2, 0.25) is 0 Å². The molecule has 3 aromatic rings. The van der Waals surface area contributed by atoms with Crippen molar-refractivity contribution < 1.29 is 9.90 Å². The summed E-state index contributed by atoms with van der Waals surface area (Å²) in [5.74, 6) is -0.913. The van der Waals surface area contributed by atoms with Crippen LogP contribution in [0.25, 0.3) is 16.2 Å². The second-order valence-electron chi connectivity index (χ2n) is 4.46. The standard InChI is InChI=1S/C14H12N2O2S/c1-8-3-4-10(7-9(8)2)11-12(13(17)18)19-14-15-5-6-16(11)14/h3-7H,1-2H3,(H,17,18). The molecule has 1 N–H and O–H groups in total. The molecule has 2 aromatic heterocycles. The molecule has 0 amide bonds. The lowest BCUT2D eigenvalue weighted by Gasteiger charge is -2.06. The molecule has 3 rings (SSSR count). The zero-order chi connectivity index (χ0) is 13.6. The van der Waals surface area contributed by atoms with Crippen LogP contribution in [0, 0.1) is 13.8 Å². The minimum atomic E-state index is -0.913. The number of carbonyl (C=O) groups is 1. The lowest BCUT2D eigenvalue weighted by molar-refractivity contribution is 0.0702. The molecule has 0 radical (unpaired) electrons. The molecule has 0 unspecified atom stereocenters. The summed E-state index contributed by atoms with van der Waals surface area (Å²) < 4.78 is 1.83. The van der Waals surface area contributed by atoms with Crippen molar-refractivity contribution in [2.45, 2.75) is 13.8 Å². The monoisotopic (exact) mass is 272 g/mol. The number of benzene rings is 1. The quantitative estimate of drug-likeness (QED) is 0.778. The normalized spacial score (nSPS) is 11.1. The third-order valence-corrected chi connectivity index (χ3v) is 4.29. The molecule has 1 aromatic carbocycles. The number of imidazole rings is 1. The molecule has 4 nitrogen and oxygen atoms in total. The van der Waals surface area contributed by atoms with Gasteiger partial charge in [0.05, 0.1) is 5.69 Å². The van der Waals surface area contributed by atoms with Crippen LogP contribution in [0.5, 0.6) is 0 Å². The summed E-state index contributed by atoms with van der Waals surface area (Å²) in [6, 6.07) is 5.98. The summed E-state index contributed by atoms with van der Waals surface area (Å²) in [6.07, 6.45) is 3.48. The largest absolute Gasteiger partial charge is 0.477 e. The number of fused-ring (bicyclic) bond motifs is 1. The fourth-order valence-corrected chi connectivity index (χ4v) is 3.04. The average molecular weight is 272 g/mol. The molecule has 96 valence electrons. The van der Waals surface area contributed by atoms with Crippen LogP contribution in [0.3, 0.4) is 0 Å². The molecule has 19 heavy (non-hydrogen) atoms. The van der Waals surface area contributed by atoms with Crippen molar-refractivity contribution in [1.29, 1.82) is 0 Å². The number of thiazole rings is 1. The van der Waals surface area contributed by atoms with E-state index in [1.54, 1.807) is 12.4 Å². The predicted molar refractivity (Wildman–Crippen MR) is 74.9 cm³/mol. The zero-order valence-corrected chi connectivity index (χ0v) is 11.4. The van der Waals surface area contributed by atoms with Crippen LogP contribution < -0.4 is 0 Å². The van der Waals surface area contributed by atoms with E-state index in [1.807, 2.05) is 36.4 Å². The summed E-state index contributed by atoms with van der Waals surface area (Å²) in [6.45, 7) is 4.06. The molecule has 0 aliphatic rings. The summed E-state index contributed by atoms with van der Waals surface area (Å²) in [7, 11) is 0. The second-order valence-corrected chi connectivity index (χ2v) is 5.44. The number of carboxylic acid groups (broad SMARTS) is 1. The first-order valence-corrected chi connectivity index (χ1v) is 6.66. The number of nitrogens with zero attached hydrogens (tertiary/aromatic N) is 2. The van der Waals surface area contributed by atoms with Crippen molar-refractivity contribution in [1.82, 2.24) is 9.38 Å².